The van der Waals surface area contributed by atoms with E-state index in [2.05, 4.69) is 19.9 Å². The Morgan fingerprint density at radius 3 is 3.09 bits per heavy atom. The number of aromatic amines is 1. The summed E-state index contributed by atoms with van der Waals surface area (Å²) in [6.07, 6.45) is 4.44. The molecular weight excluding hydrogens is 280 g/mol. The van der Waals surface area contributed by atoms with Gasteiger partial charge in [-0.25, -0.2) is 9.97 Å². The lowest BCUT2D eigenvalue weighted by Gasteiger charge is -2.48. The van der Waals surface area contributed by atoms with Crippen LogP contribution in [0.5, 0.6) is 0 Å². The maximum absolute atomic E-state index is 11.8. The fourth-order valence-corrected chi connectivity index (χ4v) is 3.61. The number of nitrogens with one attached hydrogen (secondary N) is 1. The van der Waals surface area contributed by atoms with Crippen LogP contribution >= 0.6 is 0 Å². The summed E-state index contributed by atoms with van der Waals surface area (Å²) in [4.78, 5) is 27.6. The van der Waals surface area contributed by atoms with Gasteiger partial charge in [0.05, 0.1) is 11.5 Å². The van der Waals surface area contributed by atoms with Gasteiger partial charge in [0, 0.05) is 37.8 Å². The zero-order valence-electron chi connectivity index (χ0n) is 12.1. The molecule has 0 radical (unpaired) electrons. The fraction of sp³-hybridized carbons (Fsp3) is 0.467. The molecule has 2 aliphatic heterocycles. The summed E-state index contributed by atoms with van der Waals surface area (Å²) in [5.74, 6) is 0.909. The molecule has 7 nitrogen and oxygen atoms in total. The summed E-state index contributed by atoms with van der Waals surface area (Å²) in [5.41, 5.74) is 1.02. The van der Waals surface area contributed by atoms with Crippen LogP contribution in [0.15, 0.2) is 18.6 Å². The van der Waals surface area contributed by atoms with E-state index in [0.717, 1.165) is 49.5 Å². The second-order valence-corrected chi connectivity index (χ2v) is 6.19. The van der Waals surface area contributed by atoms with E-state index in [1.807, 2.05) is 23.2 Å². The van der Waals surface area contributed by atoms with E-state index in [9.17, 15) is 4.79 Å². The van der Waals surface area contributed by atoms with Crippen LogP contribution in [0.25, 0.3) is 11.0 Å². The van der Waals surface area contributed by atoms with Crippen molar-refractivity contribution in [2.45, 2.75) is 12.8 Å². The van der Waals surface area contributed by atoms with Gasteiger partial charge in [0.15, 0.2) is 0 Å². The van der Waals surface area contributed by atoms with Crippen molar-refractivity contribution in [3.8, 4) is 6.07 Å². The molecule has 0 aliphatic carbocycles. The first-order chi connectivity index (χ1) is 10.7. The average molecular weight is 296 g/mol. The van der Waals surface area contributed by atoms with E-state index >= 15 is 0 Å². The predicted molar refractivity (Wildman–Crippen MR) is 80.0 cm³/mol. The van der Waals surface area contributed by atoms with Crippen molar-refractivity contribution in [3.63, 3.8) is 0 Å². The van der Waals surface area contributed by atoms with Gasteiger partial charge in [0.2, 0.25) is 5.91 Å². The highest BCUT2D eigenvalue weighted by Crippen LogP contribution is 2.42. The van der Waals surface area contributed by atoms with E-state index < -0.39 is 0 Å². The molecule has 1 spiro atoms. The number of nitriles is 1. The van der Waals surface area contributed by atoms with Crippen LogP contribution in [0.1, 0.15) is 12.8 Å². The topological polar surface area (TPSA) is 88.9 Å². The number of carbonyl (C=O) groups excluding carboxylic acids is 1. The Labute approximate surface area is 127 Å². The first-order valence-electron chi connectivity index (χ1n) is 7.39. The quantitative estimate of drug-likeness (QED) is 0.889. The zero-order chi connectivity index (χ0) is 15.2. The minimum absolute atomic E-state index is 0.0182. The largest absolute Gasteiger partial charge is 0.355 e. The smallest absolute Gasteiger partial charge is 0.236 e. The van der Waals surface area contributed by atoms with Gasteiger partial charge < -0.3 is 14.8 Å². The first-order valence-corrected chi connectivity index (χ1v) is 7.39. The van der Waals surface area contributed by atoms with E-state index in [0.29, 0.717) is 0 Å². The number of nitrogens with zero attached hydrogens (tertiary/aromatic N) is 5. The fourth-order valence-electron chi connectivity index (χ4n) is 3.61. The third kappa shape index (κ3) is 1.91. The SMILES string of the molecule is N#CCC(=O)N1CCC2(C1)CN(c1ncnc3[nH]ccc13)C2. The highest BCUT2D eigenvalue weighted by molar-refractivity contribution is 5.87. The Morgan fingerprint density at radius 2 is 2.27 bits per heavy atom. The minimum atomic E-state index is -0.0483. The summed E-state index contributed by atoms with van der Waals surface area (Å²) in [6, 6.07) is 3.93. The third-order valence-corrected chi connectivity index (χ3v) is 4.71. The number of anilines is 1. The van der Waals surface area contributed by atoms with E-state index in [1.165, 1.54) is 0 Å². The molecule has 2 aromatic rings. The molecule has 0 atom stereocenters. The number of aromatic nitrogens is 3. The van der Waals surface area contributed by atoms with Gasteiger partial charge in [-0.05, 0) is 12.5 Å². The van der Waals surface area contributed by atoms with Gasteiger partial charge in [-0.1, -0.05) is 0 Å². The van der Waals surface area contributed by atoms with Crippen molar-refractivity contribution in [1.82, 2.24) is 19.9 Å². The van der Waals surface area contributed by atoms with E-state index in [4.69, 9.17) is 5.26 Å². The number of rotatable bonds is 2. The van der Waals surface area contributed by atoms with E-state index in [1.54, 1.807) is 6.33 Å². The lowest BCUT2D eigenvalue weighted by atomic mass is 9.79. The molecule has 1 N–H and O–H groups in total. The second-order valence-electron chi connectivity index (χ2n) is 6.19. The molecule has 4 rings (SSSR count). The summed E-state index contributed by atoms with van der Waals surface area (Å²) < 4.78 is 0. The maximum atomic E-state index is 11.8. The van der Waals surface area contributed by atoms with Crippen LogP contribution in [0.3, 0.4) is 0 Å². The van der Waals surface area contributed by atoms with Gasteiger partial charge in [-0.3, -0.25) is 4.79 Å². The van der Waals surface area contributed by atoms with Crippen LogP contribution in [0, 0.1) is 16.7 Å². The number of H-pyrrole nitrogens is 1. The maximum Gasteiger partial charge on any atom is 0.236 e. The van der Waals surface area contributed by atoms with Crippen LogP contribution < -0.4 is 4.90 Å². The summed E-state index contributed by atoms with van der Waals surface area (Å²) in [5, 5.41) is 9.68. The minimum Gasteiger partial charge on any atom is -0.355 e. The number of likely N-dealkylation sites (tertiary alicyclic amines) is 1. The summed E-state index contributed by atoms with van der Waals surface area (Å²) >= 11 is 0. The standard InChI is InChI=1S/C15H16N6O/c16-4-1-12(22)20-6-3-15(7-20)8-21(9-15)14-11-2-5-17-13(11)18-10-19-14/h2,5,10H,1,3,6-9H2,(H,17,18,19). The Bertz CT molecular complexity index is 770. The first kappa shape index (κ1) is 13.1. The molecule has 2 aliphatic rings. The molecule has 22 heavy (non-hydrogen) atoms. The lowest BCUT2D eigenvalue weighted by molar-refractivity contribution is -0.129. The predicted octanol–water partition coefficient (Wildman–Crippen LogP) is 0.910. The van der Waals surface area contributed by atoms with Crippen molar-refractivity contribution >= 4 is 22.8 Å². The molecule has 0 bridgehead atoms. The van der Waals surface area contributed by atoms with Gasteiger partial charge in [-0.2, -0.15) is 5.26 Å². The molecule has 0 saturated carbocycles. The van der Waals surface area contributed by atoms with Crippen molar-refractivity contribution in [1.29, 1.82) is 5.26 Å². The van der Waals surface area contributed by atoms with Crippen LogP contribution in [-0.4, -0.2) is 51.9 Å². The monoisotopic (exact) mass is 296 g/mol. The van der Waals surface area contributed by atoms with Gasteiger partial charge in [0.1, 0.15) is 24.2 Å². The number of fused-ring (bicyclic) bond motifs is 1. The summed E-state index contributed by atoms with van der Waals surface area (Å²) in [7, 11) is 0. The molecule has 112 valence electrons. The molecule has 7 heteroatoms. The Hall–Kier alpha value is -2.62. The Balaban J connectivity index is 1.47. The molecular formula is C15H16N6O. The Morgan fingerprint density at radius 1 is 1.41 bits per heavy atom. The molecule has 4 heterocycles. The van der Waals surface area contributed by atoms with Crippen molar-refractivity contribution in [2.24, 2.45) is 5.41 Å². The van der Waals surface area contributed by atoms with E-state index in [-0.39, 0.29) is 17.7 Å². The highest BCUT2D eigenvalue weighted by atomic mass is 16.2. The number of amides is 1. The molecule has 1 amide bonds. The van der Waals surface area contributed by atoms with Crippen LogP contribution in [0.4, 0.5) is 5.82 Å². The molecule has 2 saturated heterocycles. The van der Waals surface area contributed by atoms with Crippen molar-refractivity contribution < 1.29 is 4.79 Å². The normalized spacial score (nSPS) is 19.4. The average Bonchev–Trinajstić information content (AvgIpc) is 3.12. The second kappa shape index (κ2) is 4.70. The lowest BCUT2D eigenvalue weighted by Crippen LogP contribution is -2.58. The number of hydrogen-bond acceptors (Lipinski definition) is 5. The van der Waals surface area contributed by atoms with Crippen molar-refractivity contribution in [2.75, 3.05) is 31.1 Å². The number of carbonyl (C=O) groups is 1. The third-order valence-electron chi connectivity index (χ3n) is 4.71. The van der Waals surface area contributed by atoms with Crippen molar-refractivity contribution in [3.05, 3.63) is 18.6 Å². The summed E-state index contributed by atoms with van der Waals surface area (Å²) in [6.45, 7) is 3.32. The molecule has 0 aromatic carbocycles. The Kier molecular flexibility index (Phi) is 2.79. The highest BCUT2D eigenvalue weighted by Gasteiger charge is 2.49. The van der Waals surface area contributed by atoms with Gasteiger partial charge in [-0.15, -0.1) is 0 Å². The zero-order valence-corrected chi connectivity index (χ0v) is 12.1. The molecule has 2 aromatic heterocycles. The van der Waals surface area contributed by atoms with Gasteiger partial charge in [0.25, 0.3) is 0 Å². The van der Waals surface area contributed by atoms with Gasteiger partial charge >= 0.3 is 0 Å². The molecule has 0 unspecified atom stereocenters. The molecule has 2 fully saturated rings. The number of hydrogen-bond donors (Lipinski definition) is 1. The van der Waals surface area contributed by atoms with Crippen LogP contribution in [0.2, 0.25) is 0 Å². The van der Waals surface area contributed by atoms with Crippen LogP contribution in [-0.2, 0) is 4.79 Å².